The lowest BCUT2D eigenvalue weighted by molar-refractivity contribution is -0.928. The number of rotatable bonds is 16. The minimum atomic E-state index is -3.88. The summed E-state index contributed by atoms with van der Waals surface area (Å²) in [5.41, 5.74) is 0. The van der Waals surface area contributed by atoms with E-state index < -0.39 is 10.1 Å². The topological polar surface area (TPSA) is 43.4 Å². The van der Waals surface area contributed by atoms with E-state index in [1.54, 1.807) is 0 Å². The normalized spacial score (nSPS) is 11.9. The maximum absolute atomic E-state index is 11.3. The number of hydrogen-bond donors (Lipinski definition) is 0. The van der Waals surface area contributed by atoms with Crippen molar-refractivity contribution < 1.29 is 21.8 Å². The molecular formula is C20H45FNO3S+. The van der Waals surface area contributed by atoms with Crippen LogP contribution in [-0.4, -0.2) is 44.8 Å². The van der Waals surface area contributed by atoms with Crippen molar-refractivity contribution in [1.82, 2.24) is 0 Å². The fourth-order valence-electron chi connectivity index (χ4n) is 3.66. The minimum absolute atomic E-state index is 0.213. The van der Waals surface area contributed by atoms with Crippen molar-refractivity contribution >= 4 is 10.1 Å². The number of halogens is 1. The molecule has 4 nitrogen and oxygen atoms in total. The highest BCUT2D eigenvalue weighted by Gasteiger charge is 2.22. The Morgan fingerprint density at radius 2 is 1.04 bits per heavy atom. The van der Waals surface area contributed by atoms with Crippen LogP contribution in [-0.2, 0) is 14.5 Å². The van der Waals surface area contributed by atoms with Gasteiger partial charge in [0.1, 0.15) is 0 Å². The average Bonchev–Trinajstić information content (AvgIpc) is 2.59. The van der Waals surface area contributed by atoms with Gasteiger partial charge in [0.25, 0.3) is 10.1 Å². The smallest absolute Gasteiger partial charge is 0.297 e. The van der Waals surface area contributed by atoms with Gasteiger partial charge in [-0.3, -0.25) is 0 Å². The van der Waals surface area contributed by atoms with Crippen LogP contribution >= 0.6 is 0 Å². The molecule has 0 aliphatic heterocycles. The van der Waals surface area contributed by atoms with Crippen LogP contribution in [0.3, 0.4) is 0 Å². The van der Waals surface area contributed by atoms with Gasteiger partial charge in [-0.1, -0.05) is 71.1 Å². The molecule has 0 unspecified atom stereocenters. The van der Waals surface area contributed by atoms with Gasteiger partial charge in [-0.2, -0.15) is 8.42 Å². The van der Waals surface area contributed by atoms with Crippen LogP contribution in [0, 0.1) is 0 Å². The number of unbranched alkanes of at least 4 members (excludes halogenated alkanes) is 5. The molecule has 160 valence electrons. The zero-order valence-electron chi connectivity index (χ0n) is 18.1. The van der Waals surface area contributed by atoms with E-state index >= 15 is 0 Å². The van der Waals surface area contributed by atoms with Crippen LogP contribution in [0.25, 0.3) is 0 Å². The van der Waals surface area contributed by atoms with Crippen LogP contribution in [0.1, 0.15) is 98.8 Å². The summed E-state index contributed by atoms with van der Waals surface area (Å²) in [4.78, 5) is 0. The van der Waals surface area contributed by atoms with Gasteiger partial charge in [0.05, 0.1) is 31.9 Å². The van der Waals surface area contributed by atoms with Crippen molar-refractivity contribution in [3.8, 4) is 0 Å². The van der Waals surface area contributed by atoms with Gasteiger partial charge < -0.3 is 4.48 Å². The van der Waals surface area contributed by atoms with Crippen molar-refractivity contribution in [2.24, 2.45) is 0 Å². The first-order chi connectivity index (χ1) is 12.4. The second-order valence-corrected chi connectivity index (χ2v) is 8.98. The van der Waals surface area contributed by atoms with Crippen LogP contribution in [0.4, 0.5) is 4.53 Å². The molecule has 0 fully saturated rings. The van der Waals surface area contributed by atoms with E-state index in [0.717, 1.165) is 25.7 Å². The first-order valence-corrected chi connectivity index (χ1v) is 12.3. The predicted molar refractivity (Wildman–Crippen MR) is 110 cm³/mol. The zero-order chi connectivity index (χ0) is 20.3. The molecule has 0 radical (unpaired) electrons. The van der Waals surface area contributed by atoms with E-state index in [9.17, 15) is 12.9 Å². The van der Waals surface area contributed by atoms with Gasteiger partial charge in [0, 0.05) is 0 Å². The first-order valence-electron chi connectivity index (χ1n) is 10.7. The average molecular weight is 399 g/mol. The van der Waals surface area contributed by atoms with Crippen molar-refractivity contribution in [3.63, 3.8) is 0 Å². The Morgan fingerprint density at radius 3 is 1.38 bits per heavy atom. The molecule has 0 aromatic rings. The molecule has 0 atom stereocenters. The van der Waals surface area contributed by atoms with E-state index in [1.165, 1.54) is 62.8 Å². The summed E-state index contributed by atoms with van der Waals surface area (Å²) < 4.78 is 36.5. The molecule has 0 bridgehead atoms. The number of nitrogens with zero attached hydrogens (tertiary/aromatic N) is 1. The zero-order valence-corrected chi connectivity index (χ0v) is 18.9. The summed E-state index contributed by atoms with van der Waals surface area (Å²) in [6, 6.07) is 0. The summed E-state index contributed by atoms with van der Waals surface area (Å²) in [5, 5.41) is 0. The Morgan fingerprint density at radius 1 is 0.654 bits per heavy atom. The van der Waals surface area contributed by atoms with E-state index in [0.29, 0.717) is 6.42 Å². The van der Waals surface area contributed by atoms with Crippen molar-refractivity contribution in [1.29, 1.82) is 0 Å². The van der Waals surface area contributed by atoms with Crippen LogP contribution in [0.5, 0.6) is 0 Å². The molecule has 0 aliphatic carbocycles. The summed E-state index contributed by atoms with van der Waals surface area (Å²) in [6.07, 6.45) is 11.1. The van der Waals surface area contributed by atoms with Crippen molar-refractivity contribution in [2.45, 2.75) is 98.8 Å². The Hall–Kier alpha value is -0.200. The van der Waals surface area contributed by atoms with Crippen LogP contribution in [0.2, 0.25) is 0 Å². The third-order valence-electron chi connectivity index (χ3n) is 4.64. The first kappa shape index (κ1) is 28.0. The third kappa shape index (κ3) is 16.0. The molecule has 26 heavy (non-hydrogen) atoms. The fraction of sp³-hybridized carbons (Fsp3) is 1.00. The van der Waals surface area contributed by atoms with Gasteiger partial charge in [-0.05, 0) is 36.6 Å². The number of hydrogen-bond acceptors (Lipinski definition) is 3. The maximum Gasteiger partial charge on any atom is 0.297 e. The lowest BCUT2D eigenvalue weighted by atomic mass is 10.1. The summed E-state index contributed by atoms with van der Waals surface area (Å²) >= 11 is 0. The molecule has 0 aromatic carbocycles. The highest BCUT2D eigenvalue weighted by Crippen LogP contribution is 2.12. The SMILES string of the molecule is CCCCCCCCS(=O)(=O)OF.CCC[N+](CCC)(CCC)CCC. The highest BCUT2D eigenvalue weighted by molar-refractivity contribution is 7.86. The summed E-state index contributed by atoms with van der Waals surface area (Å²) in [6.45, 7) is 16.9. The highest BCUT2D eigenvalue weighted by atomic mass is 32.2. The molecule has 0 amide bonds. The van der Waals surface area contributed by atoms with Gasteiger partial charge in [0.15, 0.2) is 0 Å². The van der Waals surface area contributed by atoms with E-state index in [4.69, 9.17) is 0 Å². The van der Waals surface area contributed by atoms with E-state index in [-0.39, 0.29) is 5.75 Å². The molecular weight excluding hydrogens is 353 g/mol. The van der Waals surface area contributed by atoms with Crippen molar-refractivity contribution in [3.05, 3.63) is 0 Å². The molecule has 0 aromatic heterocycles. The van der Waals surface area contributed by atoms with E-state index in [2.05, 4.69) is 39.0 Å². The molecule has 0 spiro atoms. The summed E-state index contributed by atoms with van der Waals surface area (Å²) in [7, 11) is -3.88. The van der Waals surface area contributed by atoms with Crippen LogP contribution in [0.15, 0.2) is 0 Å². The Bertz CT molecular complexity index is 359. The standard InChI is InChI=1S/C12H28N.C8H17FO3S/c1-5-9-13(10-6-2,11-7-3)12-8-4;1-2-3-4-5-6-7-8-13(10,11)12-9/h5-12H2,1-4H3;2-8H2,1H3/q+1;. The Labute approximate surface area is 163 Å². The Balaban J connectivity index is 0. The van der Waals surface area contributed by atoms with Crippen LogP contribution < -0.4 is 0 Å². The molecule has 0 rings (SSSR count). The molecule has 6 heteroatoms. The lowest BCUT2D eigenvalue weighted by Crippen LogP contribution is -2.50. The summed E-state index contributed by atoms with van der Waals surface area (Å²) in [5.74, 6) is -0.213. The molecule has 0 saturated heterocycles. The van der Waals surface area contributed by atoms with Gasteiger partial charge in [0.2, 0.25) is 0 Å². The second kappa shape index (κ2) is 18.2. The fourth-order valence-corrected chi connectivity index (χ4v) is 4.28. The van der Waals surface area contributed by atoms with Gasteiger partial charge >= 0.3 is 0 Å². The van der Waals surface area contributed by atoms with Gasteiger partial charge in [-0.25, -0.2) is 0 Å². The quantitative estimate of drug-likeness (QED) is 0.236. The maximum atomic E-state index is 11.3. The predicted octanol–water partition coefficient (Wildman–Crippen LogP) is 6.02. The second-order valence-electron chi connectivity index (χ2n) is 7.33. The van der Waals surface area contributed by atoms with E-state index in [1.807, 2.05) is 0 Å². The minimum Gasteiger partial charge on any atom is -0.324 e. The molecule has 0 aliphatic rings. The van der Waals surface area contributed by atoms with Crippen molar-refractivity contribution in [2.75, 3.05) is 31.9 Å². The molecule has 0 heterocycles. The number of quaternary nitrogens is 1. The Kier molecular flexibility index (Phi) is 19.6. The third-order valence-corrected chi connectivity index (χ3v) is 5.62. The monoisotopic (exact) mass is 398 g/mol. The molecule has 0 N–H and O–H groups in total. The largest absolute Gasteiger partial charge is 0.324 e. The van der Waals surface area contributed by atoms with Gasteiger partial charge in [-0.15, -0.1) is 0 Å². The lowest BCUT2D eigenvalue weighted by Gasteiger charge is -2.38. The molecule has 0 saturated carbocycles.